The lowest BCUT2D eigenvalue weighted by Gasteiger charge is -2.27. The molecule has 3 amide bonds. The summed E-state index contributed by atoms with van der Waals surface area (Å²) in [6, 6.07) is 6.33. The summed E-state index contributed by atoms with van der Waals surface area (Å²) in [5, 5.41) is 4.69. The number of aryl methyl sites for hydroxylation is 1. The number of nitrogens with zero attached hydrogens (tertiary/aromatic N) is 1. The van der Waals surface area contributed by atoms with E-state index in [1.807, 2.05) is 16.2 Å². The molecule has 0 unspecified atom stereocenters. The molecule has 0 bridgehead atoms. The molecule has 0 atom stereocenters. The van der Waals surface area contributed by atoms with Gasteiger partial charge in [-0.1, -0.05) is 0 Å². The smallest absolute Gasteiger partial charge is 0.264 e. The maximum absolute atomic E-state index is 12.5. The monoisotopic (exact) mass is 447 g/mol. The van der Waals surface area contributed by atoms with Gasteiger partial charge in [0, 0.05) is 42.9 Å². The summed E-state index contributed by atoms with van der Waals surface area (Å²) >= 11 is 1.68. The number of carbonyl (C=O) groups excluding carboxylic acids is 3. The number of rotatable bonds is 5. The minimum atomic E-state index is -4.05. The second-order valence-electron chi connectivity index (χ2n) is 7.33. The molecule has 2 aliphatic heterocycles. The fourth-order valence-corrected chi connectivity index (χ4v) is 5.58. The lowest BCUT2D eigenvalue weighted by molar-refractivity contribution is -0.134. The first-order chi connectivity index (χ1) is 14.3. The number of fused-ring (bicyclic) bond motifs is 2. The summed E-state index contributed by atoms with van der Waals surface area (Å²) in [6.45, 7) is 1.14. The maximum Gasteiger partial charge on any atom is 0.264 e. The summed E-state index contributed by atoms with van der Waals surface area (Å²) in [5.74, 6) is -0.994. The Morgan fingerprint density at radius 2 is 1.93 bits per heavy atom. The molecule has 2 aromatic rings. The molecular weight excluding hydrogens is 426 g/mol. The van der Waals surface area contributed by atoms with Crippen LogP contribution in [0.3, 0.4) is 0 Å². The van der Waals surface area contributed by atoms with Crippen LogP contribution in [0.2, 0.25) is 0 Å². The van der Waals surface area contributed by atoms with Gasteiger partial charge in [-0.3, -0.25) is 14.4 Å². The van der Waals surface area contributed by atoms with Crippen LogP contribution < -0.4 is 10.0 Å². The molecule has 0 radical (unpaired) electrons. The number of anilines is 1. The number of thiophene rings is 1. The summed E-state index contributed by atoms with van der Waals surface area (Å²) in [4.78, 5) is 39.0. The van der Waals surface area contributed by atoms with Crippen molar-refractivity contribution in [3.63, 3.8) is 0 Å². The summed E-state index contributed by atoms with van der Waals surface area (Å²) in [7, 11) is -4.05. The summed E-state index contributed by atoms with van der Waals surface area (Å²) in [5.41, 5.74) is 2.42. The van der Waals surface area contributed by atoms with Crippen molar-refractivity contribution in [3.05, 3.63) is 45.6 Å². The topological polar surface area (TPSA) is 113 Å². The first-order valence-corrected chi connectivity index (χ1v) is 12.0. The minimum Gasteiger partial charge on any atom is -0.338 e. The van der Waals surface area contributed by atoms with Crippen molar-refractivity contribution in [2.24, 2.45) is 0 Å². The second kappa shape index (κ2) is 8.19. The van der Waals surface area contributed by atoms with Crippen molar-refractivity contribution in [3.8, 4) is 0 Å². The molecule has 0 aliphatic carbocycles. The minimum absolute atomic E-state index is 0.0434. The fourth-order valence-electron chi connectivity index (χ4n) is 3.63. The van der Waals surface area contributed by atoms with Gasteiger partial charge in [-0.25, -0.2) is 13.1 Å². The van der Waals surface area contributed by atoms with Crippen molar-refractivity contribution in [2.45, 2.75) is 43.5 Å². The number of nitrogens with one attached hydrogen (secondary N) is 2. The predicted octanol–water partition coefficient (Wildman–Crippen LogP) is 1.80. The molecule has 0 saturated carbocycles. The van der Waals surface area contributed by atoms with Crippen LogP contribution in [0.5, 0.6) is 0 Å². The Hall–Kier alpha value is -2.72. The molecule has 30 heavy (non-hydrogen) atoms. The van der Waals surface area contributed by atoms with E-state index in [-0.39, 0.29) is 36.0 Å². The van der Waals surface area contributed by atoms with E-state index < -0.39 is 15.9 Å². The van der Waals surface area contributed by atoms with E-state index in [4.69, 9.17) is 0 Å². The Morgan fingerprint density at radius 1 is 1.10 bits per heavy atom. The van der Waals surface area contributed by atoms with Crippen LogP contribution in [0, 0.1) is 0 Å². The lowest BCUT2D eigenvalue weighted by Crippen LogP contribution is -2.36. The van der Waals surface area contributed by atoms with Gasteiger partial charge in [0.05, 0.1) is 4.90 Å². The first-order valence-electron chi connectivity index (χ1n) is 9.63. The highest BCUT2D eigenvalue weighted by Crippen LogP contribution is 2.26. The summed E-state index contributed by atoms with van der Waals surface area (Å²) < 4.78 is 27.1. The van der Waals surface area contributed by atoms with Gasteiger partial charge in [0.2, 0.25) is 17.7 Å². The Balaban J connectivity index is 1.33. The van der Waals surface area contributed by atoms with Crippen molar-refractivity contribution >= 4 is 44.8 Å². The third-order valence-electron chi connectivity index (χ3n) is 5.26. The molecule has 4 rings (SSSR count). The number of sulfonamides is 1. The van der Waals surface area contributed by atoms with Gasteiger partial charge in [-0.15, -0.1) is 11.3 Å². The van der Waals surface area contributed by atoms with Gasteiger partial charge in [0.1, 0.15) is 0 Å². The zero-order chi connectivity index (χ0) is 21.3. The van der Waals surface area contributed by atoms with Gasteiger partial charge in [-0.2, -0.15) is 0 Å². The van der Waals surface area contributed by atoms with Crippen LogP contribution in [0.25, 0.3) is 0 Å². The van der Waals surface area contributed by atoms with Crippen LogP contribution in [0.1, 0.15) is 35.3 Å². The van der Waals surface area contributed by atoms with E-state index >= 15 is 0 Å². The highest BCUT2D eigenvalue weighted by Gasteiger charge is 2.24. The van der Waals surface area contributed by atoms with E-state index in [1.54, 1.807) is 16.2 Å². The molecule has 0 fully saturated rings. The molecule has 2 aliphatic rings. The molecule has 8 nitrogen and oxygen atoms in total. The zero-order valence-corrected chi connectivity index (χ0v) is 17.8. The Bertz CT molecular complexity index is 1120. The quantitative estimate of drug-likeness (QED) is 0.726. The highest BCUT2D eigenvalue weighted by atomic mass is 32.2. The molecule has 1 aromatic carbocycles. The first kappa shape index (κ1) is 20.5. The molecule has 10 heteroatoms. The van der Waals surface area contributed by atoms with Crippen LogP contribution in [-0.2, 0) is 43.8 Å². The SMILES string of the molecule is O=C1CCc2cc(S(=O)(=O)NC(=O)CCC(=O)N3CCc4sccc4C3)ccc2N1. The van der Waals surface area contributed by atoms with Crippen LogP contribution in [0.15, 0.2) is 34.5 Å². The van der Waals surface area contributed by atoms with Crippen LogP contribution >= 0.6 is 11.3 Å². The summed E-state index contributed by atoms with van der Waals surface area (Å²) in [6.07, 6.45) is 1.28. The lowest BCUT2D eigenvalue weighted by atomic mass is 10.0. The number of benzene rings is 1. The van der Waals surface area contributed by atoms with Crippen LogP contribution in [-0.4, -0.2) is 37.6 Å². The average Bonchev–Trinajstić information content (AvgIpc) is 3.19. The van der Waals surface area contributed by atoms with Gasteiger partial charge in [-0.05, 0) is 53.6 Å². The number of hydrogen-bond donors (Lipinski definition) is 2. The van der Waals surface area contributed by atoms with E-state index in [2.05, 4.69) is 5.32 Å². The number of hydrogen-bond acceptors (Lipinski definition) is 6. The molecule has 0 spiro atoms. The van der Waals surface area contributed by atoms with E-state index in [9.17, 15) is 22.8 Å². The van der Waals surface area contributed by atoms with Crippen molar-refractivity contribution < 1.29 is 22.8 Å². The third-order valence-corrected chi connectivity index (χ3v) is 7.65. The van der Waals surface area contributed by atoms with Gasteiger partial charge in [0.25, 0.3) is 10.0 Å². The molecule has 0 saturated heterocycles. The normalized spacial score (nSPS) is 15.7. The van der Waals surface area contributed by atoms with Crippen LogP contribution in [0.4, 0.5) is 5.69 Å². The average molecular weight is 448 g/mol. The molecular formula is C20H21N3O5S2. The second-order valence-corrected chi connectivity index (χ2v) is 10.0. The van der Waals surface area contributed by atoms with Gasteiger partial charge < -0.3 is 10.2 Å². The van der Waals surface area contributed by atoms with Gasteiger partial charge >= 0.3 is 0 Å². The Kier molecular flexibility index (Phi) is 5.61. The van der Waals surface area contributed by atoms with E-state index in [1.165, 1.54) is 23.1 Å². The molecule has 2 N–H and O–H groups in total. The standard InChI is InChI=1S/C20H21N3O5S2/c24-18-4-1-13-11-15(2-3-16(13)21-18)30(27,28)22-19(25)5-6-20(26)23-9-7-17-14(12-23)8-10-29-17/h2-3,8,10-11H,1,4-7,9,12H2,(H,21,24)(H,22,25). The Labute approximate surface area is 178 Å². The van der Waals surface area contributed by atoms with Gasteiger partial charge in [0.15, 0.2) is 0 Å². The molecule has 158 valence electrons. The predicted molar refractivity (Wildman–Crippen MR) is 111 cm³/mol. The molecule has 1 aromatic heterocycles. The maximum atomic E-state index is 12.5. The van der Waals surface area contributed by atoms with E-state index in [0.29, 0.717) is 30.8 Å². The Morgan fingerprint density at radius 3 is 2.77 bits per heavy atom. The zero-order valence-electron chi connectivity index (χ0n) is 16.1. The fraction of sp³-hybridized carbons (Fsp3) is 0.350. The number of amides is 3. The number of carbonyl (C=O) groups is 3. The van der Waals surface area contributed by atoms with Crippen molar-refractivity contribution in [2.75, 3.05) is 11.9 Å². The van der Waals surface area contributed by atoms with Crippen molar-refractivity contribution in [1.29, 1.82) is 0 Å². The van der Waals surface area contributed by atoms with Crippen molar-refractivity contribution in [1.82, 2.24) is 9.62 Å². The molecule has 3 heterocycles. The largest absolute Gasteiger partial charge is 0.338 e. The highest BCUT2D eigenvalue weighted by molar-refractivity contribution is 7.90. The van der Waals surface area contributed by atoms with E-state index in [0.717, 1.165) is 12.0 Å². The third kappa shape index (κ3) is 4.39.